The van der Waals surface area contributed by atoms with Gasteiger partial charge in [0.2, 0.25) is 5.91 Å². The third kappa shape index (κ3) is 4.37. The molecule has 0 aromatic heterocycles. The van der Waals surface area contributed by atoms with Gasteiger partial charge >= 0.3 is 12.1 Å². The minimum atomic E-state index is -1.27. The first-order valence-corrected chi connectivity index (χ1v) is 11.5. The van der Waals surface area contributed by atoms with E-state index in [2.05, 4.69) is 17.4 Å². The highest BCUT2D eigenvalue weighted by molar-refractivity contribution is 5.92. The topological polar surface area (TPSA) is 99.2 Å². The van der Waals surface area contributed by atoms with E-state index in [0.717, 1.165) is 22.3 Å². The second kappa shape index (κ2) is 9.46. The van der Waals surface area contributed by atoms with Crippen LogP contribution in [0.15, 0.2) is 48.5 Å². The van der Waals surface area contributed by atoms with E-state index in [-0.39, 0.29) is 19.1 Å². The number of hydrogen-bond acceptors (Lipinski definition) is 5. The maximum Gasteiger partial charge on any atom is 0.407 e. The van der Waals surface area contributed by atoms with E-state index in [0.29, 0.717) is 19.4 Å². The van der Waals surface area contributed by atoms with Crippen molar-refractivity contribution in [1.29, 1.82) is 0 Å². The Hall–Kier alpha value is -3.39. The molecule has 0 bridgehead atoms. The molecule has 1 heterocycles. The lowest BCUT2D eigenvalue weighted by Crippen LogP contribution is -2.59. The molecular formula is C26H31N3O5. The Morgan fingerprint density at radius 1 is 1.12 bits per heavy atom. The second-order valence-electron chi connectivity index (χ2n) is 9.46. The van der Waals surface area contributed by atoms with E-state index < -0.39 is 29.6 Å². The number of alkyl carbamates (subject to hydrolysis) is 1. The lowest BCUT2D eigenvalue weighted by Gasteiger charge is -2.34. The van der Waals surface area contributed by atoms with E-state index in [1.165, 1.54) is 4.90 Å². The van der Waals surface area contributed by atoms with Gasteiger partial charge in [-0.15, -0.1) is 0 Å². The summed E-state index contributed by atoms with van der Waals surface area (Å²) in [6, 6.07) is 15.2. The van der Waals surface area contributed by atoms with Gasteiger partial charge in [-0.05, 0) is 56.1 Å². The van der Waals surface area contributed by atoms with Crippen molar-refractivity contribution < 1.29 is 24.2 Å². The van der Waals surface area contributed by atoms with Crippen molar-refractivity contribution in [3.8, 4) is 11.1 Å². The third-order valence-corrected chi connectivity index (χ3v) is 6.85. The Balaban J connectivity index is 1.46. The van der Waals surface area contributed by atoms with Crippen LogP contribution in [0.2, 0.25) is 0 Å². The summed E-state index contributed by atoms with van der Waals surface area (Å²) in [5.74, 6) is -1.54. The number of carbonyl (C=O) groups is 3. The SMILES string of the molecule is CN(C)CC(NC(=O)OCC1c2ccccc2-c2ccccc21)C(=O)N1CCCC1(C)C(=O)O. The summed E-state index contributed by atoms with van der Waals surface area (Å²) in [7, 11) is 3.58. The van der Waals surface area contributed by atoms with Crippen LogP contribution in [0.3, 0.4) is 0 Å². The molecule has 2 aliphatic rings. The molecule has 2 N–H and O–H groups in total. The van der Waals surface area contributed by atoms with Gasteiger partial charge in [0.15, 0.2) is 0 Å². The van der Waals surface area contributed by atoms with Gasteiger partial charge < -0.3 is 25.0 Å². The van der Waals surface area contributed by atoms with Crippen LogP contribution >= 0.6 is 0 Å². The maximum absolute atomic E-state index is 13.3. The van der Waals surface area contributed by atoms with E-state index in [1.54, 1.807) is 25.9 Å². The van der Waals surface area contributed by atoms with Gasteiger partial charge in [0, 0.05) is 19.0 Å². The number of nitrogens with one attached hydrogen (secondary N) is 1. The first kappa shape index (κ1) is 23.8. The fourth-order valence-electron chi connectivity index (χ4n) is 5.06. The Bertz CT molecular complexity index is 1060. The normalized spacial score (nSPS) is 20.1. The fraction of sp³-hybridized carbons (Fsp3) is 0.423. The molecule has 2 aromatic rings. The summed E-state index contributed by atoms with van der Waals surface area (Å²) in [5.41, 5.74) is 3.20. The maximum atomic E-state index is 13.3. The van der Waals surface area contributed by atoms with Crippen molar-refractivity contribution in [3.05, 3.63) is 59.7 Å². The van der Waals surface area contributed by atoms with E-state index in [1.807, 2.05) is 36.4 Å². The number of benzene rings is 2. The standard InChI is InChI=1S/C26H31N3O5/c1-26(24(31)32)13-8-14-29(26)23(30)22(15-28(2)3)27-25(33)34-16-21-19-11-6-4-9-17(19)18-10-5-7-12-20(18)21/h4-7,9-12,21-22H,8,13-16H2,1-3H3,(H,27,33)(H,31,32). The molecule has 34 heavy (non-hydrogen) atoms. The molecule has 0 radical (unpaired) electrons. The number of rotatable bonds is 7. The summed E-state index contributed by atoms with van der Waals surface area (Å²) in [6.45, 7) is 2.27. The summed E-state index contributed by atoms with van der Waals surface area (Å²) in [6.07, 6.45) is 0.292. The molecular weight excluding hydrogens is 434 g/mol. The lowest BCUT2D eigenvalue weighted by molar-refractivity contribution is -0.156. The highest BCUT2D eigenvalue weighted by Crippen LogP contribution is 2.44. The zero-order valence-electron chi connectivity index (χ0n) is 19.8. The largest absolute Gasteiger partial charge is 0.480 e. The van der Waals surface area contributed by atoms with Gasteiger partial charge in [-0.25, -0.2) is 9.59 Å². The molecule has 0 saturated carbocycles. The highest BCUT2D eigenvalue weighted by atomic mass is 16.5. The number of likely N-dealkylation sites (N-methyl/N-ethyl adjacent to an activating group) is 1. The van der Waals surface area contributed by atoms with E-state index in [9.17, 15) is 19.5 Å². The monoisotopic (exact) mass is 465 g/mol. The molecule has 2 unspecified atom stereocenters. The predicted molar refractivity (Wildman–Crippen MR) is 128 cm³/mol. The minimum Gasteiger partial charge on any atom is -0.480 e. The number of amides is 2. The predicted octanol–water partition coefficient (Wildman–Crippen LogP) is 2.92. The molecule has 8 nitrogen and oxygen atoms in total. The third-order valence-electron chi connectivity index (χ3n) is 6.85. The molecule has 2 atom stereocenters. The van der Waals surface area contributed by atoms with Crippen LogP contribution in [0.1, 0.15) is 36.8 Å². The van der Waals surface area contributed by atoms with Crippen LogP contribution in [0.4, 0.5) is 4.79 Å². The van der Waals surface area contributed by atoms with Gasteiger partial charge in [0.1, 0.15) is 18.2 Å². The van der Waals surface area contributed by atoms with E-state index >= 15 is 0 Å². The zero-order chi connectivity index (χ0) is 24.5. The molecule has 4 rings (SSSR count). The first-order chi connectivity index (χ1) is 16.2. The van der Waals surface area contributed by atoms with Crippen molar-refractivity contribution in [2.24, 2.45) is 0 Å². The molecule has 8 heteroatoms. The van der Waals surface area contributed by atoms with Crippen LogP contribution in [-0.4, -0.2) is 78.2 Å². The van der Waals surface area contributed by atoms with Crippen molar-refractivity contribution >= 4 is 18.0 Å². The molecule has 2 amide bonds. The van der Waals surface area contributed by atoms with Crippen LogP contribution in [0.5, 0.6) is 0 Å². The summed E-state index contributed by atoms with van der Waals surface area (Å²) in [4.78, 5) is 41.1. The Morgan fingerprint density at radius 3 is 2.26 bits per heavy atom. The highest BCUT2D eigenvalue weighted by Gasteiger charge is 2.47. The number of ether oxygens (including phenoxy) is 1. The number of carboxylic acid groups (broad SMARTS) is 1. The summed E-state index contributed by atoms with van der Waals surface area (Å²) < 4.78 is 5.61. The molecule has 1 aliphatic heterocycles. The number of aliphatic carboxylic acids is 1. The van der Waals surface area contributed by atoms with Gasteiger partial charge in [-0.3, -0.25) is 4.79 Å². The fourth-order valence-corrected chi connectivity index (χ4v) is 5.06. The zero-order valence-corrected chi connectivity index (χ0v) is 19.8. The Kier molecular flexibility index (Phi) is 6.61. The summed E-state index contributed by atoms with van der Waals surface area (Å²) >= 11 is 0. The summed E-state index contributed by atoms with van der Waals surface area (Å²) in [5, 5.41) is 12.4. The van der Waals surface area contributed by atoms with Crippen LogP contribution in [-0.2, 0) is 14.3 Å². The first-order valence-electron chi connectivity index (χ1n) is 11.5. The second-order valence-corrected chi connectivity index (χ2v) is 9.46. The van der Waals surface area contributed by atoms with Gasteiger partial charge in [-0.2, -0.15) is 0 Å². The minimum absolute atomic E-state index is 0.0879. The van der Waals surface area contributed by atoms with Crippen LogP contribution < -0.4 is 5.32 Å². The molecule has 0 spiro atoms. The van der Waals surface area contributed by atoms with Crippen molar-refractivity contribution in [2.45, 2.75) is 37.3 Å². The van der Waals surface area contributed by atoms with Crippen molar-refractivity contribution in [3.63, 3.8) is 0 Å². The van der Waals surface area contributed by atoms with Crippen LogP contribution in [0.25, 0.3) is 11.1 Å². The number of likely N-dealkylation sites (tertiary alicyclic amines) is 1. The van der Waals surface area contributed by atoms with Crippen molar-refractivity contribution in [1.82, 2.24) is 15.1 Å². The average Bonchev–Trinajstić information content (AvgIpc) is 3.35. The number of hydrogen-bond donors (Lipinski definition) is 2. The number of fused-ring (bicyclic) bond motifs is 3. The molecule has 2 aromatic carbocycles. The molecule has 1 saturated heterocycles. The lowest BCUT2D eigenvalue weighted by atomic mass is 9.98. The molecule has 1 aliphatic carbocycles. The smallest absolute Gasteiger partial charge is 0.407 e. The number of carbonyl (C=O) groups excluding carboxylic acids is 2. The number of nitrogens with zero attached hydrogens (tertiary/aromatic N) is 2. The van der Waals surface area contributed by atoms with Gasteiger partial charge in [0.25, 0.3) is 0 Å². The van der Waals surface area contributed by atoms with E-state index in [4.69, 9.17) is 4.74 Å². The van der Waals surface area contributed by atoms with Crippen LogP contribution in [0, 0.1) is 0 Å². The Labute approximate surface area is 199 Å². The molecule has 1 fully saturated rings. The Morgan fingerprint density at radius 2 is 1.71 bits per heavy atom. The average molecular weight is 466 g/mol. The molecule has 180 valence electrons. The van der Waals surface area contributed by atoms with Gasteiger partial charge in [-0.1, -0.05) is 48.5 Å². The number of carboxylic acids is 1. The quantitative estimate of drug-likeness (QED) is 0.652. The van der Waals surface area contributed by atoms with Gasteiger partial charge in [0.05, 0.1) is 0 Å². The van der Waals surface area contributed by atoms with Crippen molar-refractivity contribution in [2.75, 3.05) is 33.8 Å².